The molecular weight excluding hydrogens is 178 g/mol. The van der Waals surface area contributed by atoms with Crippen LogP contribution in [0.2, 0.25) is 0 Å². The molecule has 1 heterocycles. The van der Waals surface area contributed by atoms with E-state index in [1.54, 1.807) is 0 Å². The molecule has 0 saturated carbocycles. The second kappa shape index (κ2) is 5.44. The summed E-state index contributed by atoms with van der Waals surface area (Å²) in [6.45, 7) is 3.59. The van der Waals surface area contributed by atoms with E-state index in [2.05, 4.69) is 5.32 Å². The summed E-state index contributed by atoms with van der Waals surface area (Å²) < 4.78 is 1.87. The monoisotopic (exact) mass is 195 g/mol. The van der Waals surface area contributed by atoms with Crippen molar-refractivity contribution in [1.29, 1.82) is 0 Å². The molecule has 3 N–H and O–H groups in total. The van der Waals surface area contributed by atoms with Gasteiger partial charge in [0.2, 0.25) is 5.91 Å². The Kier molecular flexibility index (Phi) is 4.19. The maximum atomic E-state index is 11.4. The van der Waals surface area contributed by atoms with Crippen LogP contribution in [0.3, 0.4) is 0 Å². The van der Waals surface area contributed by atoms with Crippen molar-refractivity contribution >= 4 is 5.91 Å². The zero-order valence-corrected chi connectivity index (χ0v) is 8.49. The zero-order chi connectivity index (χ0) is 10.4. The number of nitrogens with zero attached hydrogens (tertiary/aromatic N) is 1. The van der Waals surface area contributed by atoms with Gasteiger partial charge in [-0.3, -0.25) is 4.79 Å². The largest absolute Gasteiger partial charge is 0.355 e. The number of rotatable bonds is 5. The van der Waals surface area contributed by atoms with Gasteiger partial charge < -0.3 is 15.6 Å². The van der Waals surface area contributed by atoms with Crippen LogP contribution in [0.4, 0.5) is 0 Å². The SMILES string of the molecule is CCCNC(=O)Cn1cccc1CN. The highest BCUT2D eigenvalue weighted by atomic mass is 16.1. The molecule has 0 saturated heterocycles. The first-order valence-corrected chi connectivity index (χ1v) is 4.88. The third-order valence-corrected chi connectivity index (χ3v) is 2.02. The Morgan fingerprint density at radius 1 is 1.64 bits per heavy atom. The summed E-state index contributed by atoms with van der Waals surface area (Å²) in [5.41, 5.74) is 6.50. The molecule has 1 aromatic rings. The van der Waals surface area contributed by atoms with Gasteiger partial charge >= 0.3 is 0 Å². The lowest BCUT2D eigenvalue weighted by atomic mass is 10.4. The molecule has 0 aromatic carbocycles. The molecule has 0 aliphatic heterocycles. The molecule has 1 rings (SSSR count). The number of aromatic nitrogens is 1. The molecule has 4 heteroatoms. The summed E-state index contributed by atoms with van der Waals surface area (Å²) in [4.78, 5) is 11.4. The van der Waals surface area contributed by atoms with E-state index in [9.17, 15) is 4.79 Å². The molecule has 0 fully saturated rings. The fourth-order valence-corrected chi connectivity index (χ4v) is 1.26. The lowest BCUT2D eigenvalue weighted by Gasteiger charge is -2.07. The van der Waals surface area contributed by atoms with Gasteiger partial charge in [0.05, 0.1) is 0 Å². The smallest absolute Gasteiger partial charge is 0.239 e. The summed E-state index contributed by atoms with van der Waals surface area (Å²) in [7, 11) is 0. The van der Waals surface area contributed by atoms with Crippen LogP contribution >= 0.6 is 0 Å². The van der Waals surface area contributed by atoms with E-state index in [-0.39, 0.29) is 5.91 Å². The topological polar surface area (TPSA) is 60.0 Å². The maximum absolute atomic E-state index is 11.4. The van der Waals surface area contributed by atoms with E-state index in [1.807, 2.05) is 29.8 Å². The van der Waals surface area contributed by atoms with Crippen LogP contribution in [-0.4, -0.2) is 17.0 Å². The second-order valence-electron chi connectivity index (χ2n) is 3.18. The Hall–Kier alpha value is -1.29. The molecule has 14 heavy (non-hydrogen) atoms. The van der Waals surface area contributed by atoms with Crippen LogP contribution < -0.4 is 11.1 Å². The minimum atomic E-state index is 0.0396. The van der Waals surface area contributed by atoms with Crippen molar-refractivity contribution in [2.24, 2.45) is 5.73 Å². The van der Waals surface area contributed by atoms with Gasteiger partial charge in [-0.15, -0.1) is 0 Å². The van der Waals surface area contributed by atoms with Crippen LogP contribution in [0.15, 0.2) is 18.3 Å². The third kappa shape index (κ3) is 2.88. The fourth-order valence-electron chi connectivity index (χ4n) is 1.26. The van der Waals surface area contributed by atoms with Crippen molar-refractivity contribution in [2.45, 2.75) is 26.4 Å². The molecule has 1 aromatic heterocycles. The summed E-state index contributed by atoms with van der Waals surface area (Å²) >= 11 is 0. The van der Waals surface area contributed by atoms with Crippen molar-refractivity contribution in [1.82, 2.24) is 9.88 Å². The standard InChI is InChI=1S/C10H17N3O/c1-2-5-12-10(14)8-13-6-3-4-9(13)7-11/h3-4,6H,2,5,7-8,11H2,1H3,(H,12,14). The number of carbonyl (C=O) groups is 1. The van der Waals surface area contributed by atoms with Crippen LogP contribution in [0.5, 0.6) is 0 Å². The number of nitrogens with two attached hydrogens (primary N) is 1. The fraction of sp³-hybridized carbons (Fsp3) is 0.500. The minimum absolute atomic E-state index is 0.0396. The number of amides is 1. The van der Waals surface area contributed by atoms with Crippen LogP contribution in [0.1, 0.15) is 19.0 Å². The van der Waals surface area contributed by atoms with Crippen LogP contribution in [0.25, 0.3) is 0 Å². The van der Waals surface area contributed by atoms with Gasteiger partial charge in [0, 0.05) is 25.0 Å². The molecule has 0 unspecified atom stereocenters. The Morgan fingerprint density at radius 3 is 3.07 bits per heavy atom. The van der Waals surface area contributed by atoms with Crippen molar-refractivity contribution in [3.63, 3.8) is 0 Å². The predicted octanol–water partition coefficient (Wildman–Crippen LogP) is 0.473. The maximum Gasteiger partial charge on any atom is 0.239 e. The van der Waals surface area contributed by atoms with Crippen molar-refractivity contribution in [3.05, 3.63) is 24.0 Å². The molecule has 1 amide bonds. The van der Waals surface area contributed by atoms with Gasteiger partial charge in [0.15, 0.2) is 0 Å². The number of nitrogens with one attached hydrogen (secondary N) is 1. The van der Waals surface area contributed by atoms with E-state index in [0.29, 0.717) is 13.1 Å². The molecule has 0 spiro atoms. The predicted molar refractivity (Wildman–Crippen MR) is 55.6 cm³/mol. The Labute approximate surface area is 84.1 Å². The number of hydrogen-bond donors (Lipinski definition) is 2. The average molecular weight is 195 g/mol. The first-order chi connectivity index (χ1) is 6.77. The minimum Gasteiger partial charge on any atom is -0.355 e. The van der Waals surface area contributed by atoms with Crippen molar-refractivity contribution in [2.75, 3.05) is 6.54 Å². The first kappa shape index (κ1) is 10.8. The Balaban J connectivity index is 2.47. The van der Waals surface area contributed by atoms with E-state index >= 15 is 0 Å². The Bertz CT molecular complexity index is 293. The summed E-state index contributed by atoms with van der Waals surface area (Å²) in [5, 5.41) is 2.82. The molecule has 0 aliphatic carbocycles. The highest BCUT2D eigenvalue weighted by molar-refractivity contribution is 5.75. The van der Waals surface area contributed by atoms with Crippen LogP contribution in [-0.2, 0) is 17.9 Å². The number of carbonyl (C=O) groups excluding carboxylic acids is 1. The summed E-state index contributed by atoms with van der Waals surface area (Å²) in [6, 6.07) is 3.82. The van der Waals surface area contributed by atoms with E-state index in [0.717, 1.165) is 18.7 Å². The first-order valence-electron chi connectivity index (χ1n) is 4.88. The molecule has 0 bridgehead atoms. The van der Waals surface area contributed by atoms with Crippen molar-refractivity contribution < 1.29 is 4.79 Å². The Morgan fingerprint density at radius 2 is 2.43 bits per heavy atom. The number of hydrogen-bond acceptors (Lipinski definition) is 2. The summed E-state index contributed by atoms with van der Waals surface area (Å²) in [5.74, 6) is 0.0396. The van der Waals surface area contributed by atoms with Gasteiger partial charge in [0.1, 0.15) is 6.54 Å². The van der Waals surface area contributed by atoms with Gasteiger partial charge in [-0.05, 0) is 18.6 Å². The van der Waals surface area contributed by atoms with Crippen molar-refractivity contribution in [3.8, 4) is 0 Å². The van der Waals surface area contributed by atoms with Gasteiger partial charge in [-0.1, -0.05) is 6.92 Å². The molecule has 0 radical (unpaired) electrons. The van der Waals surface area contributed by atoms with Gasteiger partial charge in [-0.25, -0.2) is 0 Å². The van der Waals surface area contributed by atoms with Gasteiger partial charge in [-0.2, -0.15) is 0 Å². The molecule has 0 atom stereocenters. The van der Waals surface area contributed by atoms with E-state index in [1.165, 1.54) is 0 Å². The molecular formula is C10H17N3O. The lowest BCUT2D eigenvalue weighted by molar-refractivity contribution is -0.121. The van der Waals surface area contributed by atoms with E-state index < -0.39 is 0 Å². The summed E-state index contributed by atoms with van der Waals surface area (Å²) in [6.07, 6.45) is 2.83. The third-order valence-electron chi connectivity index (χ3n) is 2.02. The molecule has 0 aliphatic rings. The highest BCUT2D eigenvalue weighted by Crippen LogP contribution is 2.00. The highest BCUT2D eigenvalue weighted by Gasteiger charge is 2.03. The van der Waals surface area contributed by atoms with Gasteiger partial charge in [0.25, 0.3) is 0 Å². The molecule has 4 nitrogen and oxygen atoms in total. The normalized spacial score (nSPS) is 10.1. The lowest BCUT2D eigenvalue weighted by Crippen LogP contribution is -2.28. The zero-order valence-electron chi connectivity index (χ0n) is 8.49. The quantitative estimate of drug-likeness (QED) is 0.717. The van der Waals surface area contributed by atoms with Crippen LogP contribution in [0, 0.1) is 0 Å². The molecule has 78 valence electrons. The van der Waals surface area contributed by atoms with E-state index in [4.69, 9.17) is 5.73 Å². The average Bonchev–Trinajstić information content (AvgIpc) is 2.62. The second-order valence-corrected chi connectivity index (χ2v) is 3.18.